The van der Waals surface area contributed by atoms with Gasteiger partial charge in [-0.05, 0) is 18.9 Å². The van der Waals surface area contributed by atoms with Crippen LogP contribution in [-0.4, -0.2) is 39.1 Å². The van der Waals surface area contributed by atoms with Crippen LogP contribution in [0.25, 0.3) is 0 Å². The maximum absolute atomic E-state index is 13.8. The van der Waals surface area contributed by atoms with Crippen LogP contribution in [0.15, 0.2) is 30.6 Å². The van der Waals surface area contributed by atoms with Crippen LogP contribution in [0.5, 0.6) is 0 Å². The molecule has 2 heterocycles. The first-order valence-electron chi connectivity index (χ1n) is 8.41. The SMILES string of the molecule is O=C(O)C1CCN(c2ncnc(NCc3ccccc3F)c2[N+](=O)[O-])CC1. The summed E-state index contributed by atoms with van der Waals surface area (Å²) >= 11 is 0. The average Bonchev–Trinajstić information content (AvgIpc) is 2.67. The summed E-state index contributed by atoms with van der Waals surface area (Å²) in [6.07, 6.45) is 1.97. The molecule has 0 unspecified atom stereocenters. The third kappa shape index (κ3) is 4.10. The van der Waals surface area contributed by atoms with Gasteiger partial charge in [-0.2, -0.15) is 0 Å². The number of piperidine rings is 1. The fourth-order valence-corrected chi connectivity index (χ4v) is 3.06. The van der Waals surface area contributed by atoms with E-state index in [0.29, 0.717) is 31.5 Å². The summed E-state index contributed by atoms with van der Waals surface area (Å²) in [5.74, 6) is -1.61. The predicted molar refractivity (Wildman–Crippen MR) is 95.0 cm³/mol. The number of anilines is 2. The highest BCUT2D eigenvalue weighted by Crippen LogP contribution is 2.34. The minimum atomic E-state index is -0.862. The molecular weight excluding hydrogens is 357 g/mol. The maximum Gasteiger partial charge on any atom is 0.353 e. The molecule has 0 saturated carbocycles. The minimum absolute atomic E-state index is 0.00592. The van der Waals surface area contributed by atoms with Crippen LogP contribution in [-0.2, 0) is 11.3 Å². The van der Waals surface area contributed by atoms with Crippen LogP contribution in [0.2, 0.25) is 0 Å². The molecular formula is C17H18FN5O4. The van der Waals surface area contributed by atoms with Gasteiger partial charge in [-0.3, -0.25) is 14.9 Å². The maximum atomic E-state index is 13.8. The van der Waals surface area contributed by atoms with Crippen molar-refractivity contribution in [2.75, 3.05) is 23.3 Å². The van der Waals surface area contributed by atoms with Crippen molar-refractivity contribution >= 4 is 23.3 Å². The zero-order chi connectivity index (χ0) is 19.4. The van der Waals surface area contributed by atoms with Crippen molar-refractivity contribution in [1.29, 1.82) is 0 Å². The third-order valence-corrected chi connectivity index (χ3v) is 4.53. The van der Waals surface area contributed by atoms with E-state index < -0.39 is 22.6 Å². The molecule has 9 nitrogen and oxygen atoms in total. The van der Waals surface area contributed by atoms with Gasteiger partial charge in [0.15, 0.2) is 0 Å². The molecule has 27 heavy (non-hydrogen) atoms. The zero-order valence-corrected chi connectivity index (χ0v) is 14.3. The Bertz CT molecular complexity index is 855. The van der Waals surface area contributed by atoms with E-state index in [4.69, 9.17) is 5.11 Å². The first kappa shape index (κ1) is 18.5. The van der Waals surface area contributed by atoms with E-state index in [1.54, 1.807) is 23.1 Å². The molecule has 3 rings (SSSR count). The second kappa shape index (κ2) is 7.94. The molecule has 1 saturated heterocycles. The topological polar surface area (TPSA) is 121 Å². The zero-order valence-electron chi connectivity index (χ0n) is 14.3. The summed E-state index contributed by atoms with van der Waals surface area (Å²) in [7, 11) is 0. The Hall–Kier alpha value is -3.30. The normalized spacial score (nSPS) is 14.8. The van der Waals surface area contributed by atoms with Gasteiger partial charge in [-0.25, -0.2) is 14.4 Å². The number of aliphatic carboxylic acids is 1. The van der Waals surface area contributed by atoms with E-state index in [1.807, 2.05) is 0 Å². The minimum Gasteiger partial charge on any atom is -0.481 e. The first-order valence-corrected chi connectivity index (χ1v) is 8.41. The van der Waals surface area contributed by atoms with Gasteiger partial charge >= 0.3 is 11.7 Å². The number of benzene rings is 1. The number of nitrogens with one attached hydrogen (secondary N) is 1. The van der Waals surface area contributed by atoms with Gasteiger partial charge < -0.3 is 15.3 Å². The van der Waals surface area contributed by atoms with Crippen LogP contribution >= 0.6 is 0 Å². The van der Waals surface area contributed by atoms with Gasteiger partial charge in [0.1, 0.15) is 12.1 Å². The number of rotatable bonds is 6. The molecule has 10 heteroatoms. The van der Waals surface area contributed by atoms with Gasteiger partial charge in [0, 0.05) is 25.2 Å². The number of aromatic nitrogens is 2. The fraction of sp³-hybridized carbons (Fsp3) is 0.353. The standard InChI is InChI=1S/C17H18FN5O4/c18-13-4-2-1-3-12(13)9-19-15-14(23(26)27)16(21-10-20-15)22-7-5-11(6-8-22)17(24)25/h1-4,10-11H,5-9H2,(H,24,25)(H,19,20,21). The lowest BCUT2D eigenvalue weighted by atomic mass is 9.97. The molecule has 142 valence electrons. The smallest absolute Gasteiger partial charge is 0.353 e. The number of hydrogen-bond acceptors (Lipinski definition) is 7. The fourth-order valence-electron chi connectivity index (χ4n) is 3.06. The number of halogens is 1. The molecule has 2 aromatic rings. The summed E-state index contributed by atoms with van der Waals surface area (Å²) < 4.78 is 13.8. The summed E-state index contributed by atoms with van der Waals surface area (Å²) in [4.78, 5) is 31.8. The second-order valence-corrected chi connectivity index (χ2v) is 6.20. The number of carboxylic acids is 1. The van der Waals surface area contributed by atoms with Crippen LogP contribution in [0.1, 0.15) is 18.4 Å². The van der Waals surface area contributed by atoms with Gasteiger partial charge in [-0.1, -0.05) is 18.2 Å². The Morgan fingerprint density at radius 3 is 2.67 bits per heavy atom. The van der Waals surface area contributed by atoms with Crippen molar-refractivity contribution in [2.24, 2.45) is 5.92 Å². The van der Waals surface area contributed by atoms with Crippen molar-refractivity contribution in [3.05, 3.63) is 52.1 Å². The Labute approximate surface area is 154 Å². The summed E-state index contributed by atoms with van der Waals surface area (Å²) in [5, 5.41) is 23.5. The lowest BCUT2D eigenvalue weighted by Crippen LogP contribution is -2.37. The number of carbonyl (C=O) groups is 1. The molecule has 1 fully saturated rings. The molecule has 0 spiro atoms. The Kier molecular flexibility index (Phi) is 5.43. The quantitative estimate of drug-likeness (QED) is 0.583. The molecule has 0 aliphatic carbocycles. The number of hydrogen-bond donors (Lipinski definition) is 2. The molecule has 2 N–H and O–H groups in total. The predicted octanol–water partition coefficient (Wildman–Crippen LogP) is 2.44. The van der Waals surface area contributed by atoms with Crippen molar-refractivity contribution in [1.82, 2.24) is 9.97 Å². The highest BCUT2D eigenvalue weighted by Gasteiger charge is 2.31. The van der Waals surface area contributed by atoms with Gasteiger partial charge in [0.25, 0.3) is 0 Å². The van der Waals surface area contributed by atoms with Crippen molar-refractivity contribution in [3.8, 4) is 0 Å². The van der Waals surface area contributed by atoms with E-state index in [-0.39, 0.29) is 23.9 Å². The largest absolute Gasteiger partial charge is 0.481 e. The second-order valence-electron chi connectivity index (χ2n) is 6.20. The lowest BCUT2D eigenvalue weighted by molar-refractivity contribution is -0.383. The van der Waals surface area contributed by atoms with Crippen LogP contribution in [0, 0.1) is 21.8 Å². The van der Waals surface area contributed by atoms with Gasteiger partial charge in [0.2, 0.25) is 11.6 Å². The summed E-state index contributed by atoms with van der Waals surface area (Å²) in [6, 6.07) is 6.12. The monoisotopic (exact) mass is 375 g/mol. The highest BCUT2D eigenvalue weighted by atomic mass is 19.1. The summed E-state index contributed by atoms with van der Waals surface area (Å²) in [5.41, 5.74) is 0.0526. The van der Waals surface area contributed by atoms with Crippen LogP contribution in [0.3, 0.4) is 0 Å². The molecule has 1 aliphatic rings. The first-order chi connectivity index (χ1) is 13.0. The lowest BCUT2D eigenvalue weighted by Gasteiger charge is -2.30. The van der Waals surface area contributed by atoms with E-state index in [9.17, 15) is 19.3 Å². The third-order valence-electron chi connectivity index (χ3n) is 4.53. The van der Waals surface area contributed by atoms with E-state index in [0.717, 1.165) is 0 Å². The molecule has 1 aromatic heterocycles. The van der Waals surface area contributed by atoms with Crippen LogP contribution in [0.4, 0.5) is 21.7 Å². The van der Waals surface area contributed by atoms with Crippen molar-refractivity contribution < 1.29 is 19.2 Å². The molecule has 0 bridgehead atoms. The Balaban J connectivity index is 1.82. The molecule has 0 amide bonds. The van der Waals surface area contributed by atoms with E-state index in [1.165, 1.54) is 12.4 Å². The molecule has 1 aromatic carbocycles. The number of nitro groups is 1. The van der Waals surface area contributed by atoms with Gasteiger partial charge in [0.05, 0.1) is 10.8 Å². The summed E-state index contributed by atoms with van der Waals surface area (Å²) in [6.45, 7) is 0.730. The highest BCUT2D eigenvalue weighted by molar-refractivity contribution is 5.72. The van der Waals surface area contributed by atoms with E-state index >= 15 is 0 Å². The molecule has 0 atom stereocenters. The molecule has 1 aliphatic heterocycles. The van der Waals surface area contributed by atoms with Crippen molar-refractivity contribution in [3.63, 3.8) is 0 Å². The van der Waals surface area contributed by atoms with E-state index in [2.05, 4.69) is 15.3 Å². The number of nitrogens with zero attached hydrogens (tertiary/aromatic N) is 4. The van der Waals surface area contributed by atoms with Crippen LogP contribution < -0.4 is 10.2 Å². The Morgan fingerprint density at radius 1 is 1.33 bits per heavy atom. The molecule has 0 radical (unpaired) electrons. The Morgan fingerprint density at radius 2 is 2.04 bits per heavy atom. The van der Waals surface area contributed by atoms with Crippen molar-refractivity contribution in [2.45, 2.75) is 19.4 Å². The number of carboxylic acid groups (broad SMARTS) is 1. The average molecular weight is 375 g/mol. The van der Waals surface area contributed by atoms with Gasteiger partial charge in [-0.15, -0.1) is 0 Å².